The molecule has 11 nitrogen and oxygen atoms in total. The van der Waals surface area contributed by atoms with Gasteiger partial charge in [-0.05, 0) is 71.7 Å². The fourth-order valence-corrected chi connectivity index (χ4v) is 7.80. The quantitative estimate of drug-likeness (QED) is 0.260. The van der Waals surface area contributed by atoms with Gasteiger partial charge in [-0.1, -0.05) is 38.8 Å². The number of hydrogen-bond acceptors (Lipinski definition) is 11. The molecule has 3 heterocycles. The SMILES string of the molecule is C#Cc1ccc(CN(C)[C@H]2C[C@@H](C)O[C@@H](O[C@@H]3[C@@H](C)[C@H](O)[C@@H](C)C(=O)O[C@H](CC)[C@@](C)(O)[C@H](O)[C@@H](C)C(=O)[C@@H]4CO[C@]3(C)C4)[C@H]2O)cc1. The Morgan fingerprint density at radius 3 is 2.29 bits per heavy atom. The summed E-state index contributed by atoms with van der Waals surface area (Å²) in [5.41, 5.74) is -1.25. The first-order chi connectivity index (χ1) is 22.4. The van der Waals surface area contributed by atoms with Crippen LogP contribution in [0.2, 0.25) is 0 Å². The van der Waals surface area contributed by atoms with Gasteiger partial charge in [-0.3, -0.25) is 14.5 Å². The van der Waals surface area contributed by atoms with Crippen molar-refractivity contribution in [1.29, 1.82) is 0 Å². The minimum Gasteiger partial charge on any atom is -0.459 e. The molecule has 268 valence electrons. The smallest absolute Gasteiger partial charge is 0.311 e. The van der Waals surface area contributed by atoms with E-state index in [0.717, 1.165) is 11.1 Å². The Morgan fingerprint density at radius 1 is 1.04 bits per heavy atom. The number of terminal acetylenes is 1. The molecule has 0 saturated carbocycles. The number of benzene rings is 1. The molecule has 4 rings (SSSR count). The lowest BCUT2D eigenvalue weighted by atomic mass is 9.75. The number of nitrogens with zero attached hydrogens (tertiary/aromatic N) is 1. The Balaban J connectivity index is 1.64. The Morgan fingerprint density at radius 2 is 1.69 bits per heavy atom. The van der Waals surface area contributed by atoms with Crippen LogP contribution in [-0.2, 0) is 35.1 Å². The largest absolute Gasteiger partial charge is 0.459 e. The summed E-state index contributed by atoms with van der Waals surface area (Å²) in [5, 5.41) is 45.9. The molecule has 0 aromatic heterocycles. The third-order valence-corrected chi connectivity index (χ3v) is 11.0. The zero-order chi connectivity index (χ0) is 35.7. The second-order valence-corrected chi connectivity index (χ2v) is 14.8. The molecule has 11 heteroatoms. The van der Waals surface area contributed by atoms with Crippen LogP contribution in [0.25, 0.3) is 0 Å². The molecule has 0 amide bonds. The van der Waals surface area contributed by atoms with Crippen molar-refractivity contribution in [3.05, 3.63) is 35.4 Å². The Bertz CT molecular complexity index is 1310. The van der Waals surface area contributed by atoms with Crippen LogP contribution in [0.3, 0.4) is 0 Å². The van der Waals surface area contributed by atoms with Crippen molar-refractivity contribution >= 4 is 11.8 Å². The highest BCUT2D eigenvalue weighted by atomic mass is 16.7. The number of likely N-dealkylation sites (N-methyl/N-ethyl adjacent to an activating group) is 1. The standard InChI is InChI=1S/C37H55NO10/c1-10-24-12-14-25(15-13-24)18-38(9)27-16-20(3)46-35(31(27)41)48-33-22(5)29(39)23(6)34(43)47-28(11-2)37(8,44)32(42)21(4)30(40)26-17-36(33,7)45-19-26/h1,12-15,20-23,26-29,31-33,35,39,41-42,44H,11,16-19H2,2-9H3/t20-,21+,22+,23-,26+,27+,28-,29+,31+,32-,33-,35+,36-,37-/m1/s1. The van der Waals surface area contributed by atoms with E-state index in [1.807, 2.05) is 43.1 Å². The van der Waals surface area contributed by atoms with Crippen LogP contribution in [0.5, 0.6) is 0 Å². The molecular weight excluding hydrogens is 618 g/mol. The van der Waals surface area contributed by atoms with E-state index in [1.165, 1.54) is 13.8 Å². The van der Waals surface area contributed by atoms with E-state index < -0.39 is 77.7 Å². The van der Waals surface area contributed by atoms with Gasteiger partial charge in [-0.15, -0.1) is 6.42 Å². The average Bonchev–Trinajstić information content (AvgIpc) is 3.47. The molecule has 0 spiro atoms. The lowest BCUT2D eigenvalue weighted by Crippen LogP contribution is -2.59. The molecule has 3 fully saturated rings. The summed E-state index contributed by atoms with van der Waals surface area (Å²) >= 11 is 0. The van der Waals surface area contributed by atoms with E-state index in [-0.39, 0.29) is 37.4 Å². The van der Waals surface area contributed by atoms with Gasteiger partial charge in [0.1, 0.15) is 23.6 Å². The van der Waals surface area contributed by atoms with E-state index in [2.05, 4.69) is 5.92 Å². The van der Waals surface area contributed by atoms with Gasteiger partial charge in [0.2, 0.25) is 0 Å². The summed E-state index contributed by atoms with van der Waals surface area (Å²) in [4.78, 5) is 29.2. The number of ether oxygens (including phenoxy) is 4. The third kappa shape index (κ3) is 7.82. The van der Waals surface area contributed by atoms with Crippen molar-refractivity contribution in [2.75, 3.05) is 13.7 Å². The first kappa shape index (κ1) is 38.4. The molecule has 48 heavy (non-hydrogen) atoms. The number of carbonyl (C=O) groups excluding carboxylic acids is 2. The minimum atomic E-state index is -1.92. The van der Waals surface area contributed by atoms with E-state index in [4.69, 9.17) is 25.4 Å². The fourth-order valence-electron chi connectivity index (χ4n) is 7.80. The highest BCUT2D eigenvalue weighted by Gasteiger charge is 2.55. The number of rotatable bonds is 6. The zero-order valence-corrected chi connectivity index (χ0v) is 29.5. The first-order valence-corrected chi connectivity index (χ1v) is 17.2. The number of fused-ring (bicyclic) bond motifs is 2. The zero-order valence-electron chi connectivity index (χ0n) is 29.5. The van der Waals surface area contributed by atoms with Gasteiger partial charge < -0.3 is 39.4 Å². The highest BCUT2D eigenvalue weighted by Crippen LogP contribution is 2.43. The van der Waals surface area contributed by atoms with E-state index >= 15 is 0 Å². The van der Waals surface area contributed by atoms with Gasteiger partial charge in [0.25, 0.3) is 0 Å². The van der Waals surface area contributed by atoms with Crippen molar-refractivity contribution < 1.29 is 49.0 Å². The number of aliphatic hydroxyl groups is 4. The van der Waals surface area contributed by atoms with Crippen LogP contribution < -0.4 is 0 Å². The summed E-state index contributed by atoms with van der Waals surface area (Å²) in [6.07, 6.45) is -0.945. The highest BCUT2D eigenvalue weighted by molar-refractivity contribution is 5.84. The molecule has 0 radical (unpaired) electrons. The molecule has 14 atom stereocenters. The Labute approximate surface area is 284 Å². The maximum Gasteiger partial charge on any atom is 0.311 e. The second kappa shape index (κ2) is 15.2. The summed E-state index contributed by atoms with van der Waals surface area (Å²) in [5.74, 6) is -1.88. The summed E-state index contributed by atoms with van der Waals surface area (Å²) in [7, 11) is 1.92. The maximum absolute atomic E-state index is 13.7. The molecule has 3 aliphatic heterocycles. The number of hydrogen-bond donors (Lipinski definition) is 4. The van der Waals surface area contributed by atoms with Gasteiger partial charge in [-0.2, -0.15) is 0 Å². The minimum absolute atomic E-state index is 0.0354. The first-order valence-electron chi connectivity index (χ1n) is 17.2. The summed E-state index contributed by atoms with van der Waals surface area (Å²) in [6, 6.07) is 7.33. The van der Waals surface area contributed by atoms with Gasteiger partial charge in [0.05, 0.1) is 42.5 Å². The third-order valence-electron chi connectivity index (χ3n) is 11.0. The number of Topliss-reactive ketones (excluding diaryl/α,β-unsaturated/α-hetero) is 1. The van der Waals surface area contributed by atoms with Crippen molar-refractivity contribution in [2.24, 2.45) is 23.7 Å². The molecule has 4 N–H and O–H groups in total. The summed E-state index contributed by atoms with van der Waals surface area (Å²) < 4.78 is 24.8. The average molecular weight is 674 g/mol. The topological polar surface area (TPSA) is 155 Å². The normalized spacial score (nSPS) is 43.0. The number of carbonyl (C=O) groups is 2. The molecule has 1 aromatic rings. The van der Waals surface area contributed by atoms with Crippen LogP contribution in [-0.4, -0.2) is 111 Å². The molecule has 3 aliphatic rings. The second-order valence-electron chi connectivity index (χ2n) is 14.8. The number of ketones is 1. The van der Waals surface area contributed by atoms with Gasteiger partial charge in [0, 0.05) is 35.9 Å². The van der Waals surface area contributed by atoms with Crippen LogP contribution in [0.1, 0.15) is 78.9 Å². The molecule has 0 aliphatic carbocycles. The lowest BCUT2D eigenvalue weighted by molar-refractivity contribution is -0.299. The monoisotopic (exact) mass is 673 g/mol. The van der Waals surface area contributed by atoms with Crippen molar-refractivity contribution in [1.82, 2.24) is 4.90 Å². The predicted octanol–water partition coefficient (Wildman–Crippen LogP) is 2.43. The van der Waals surface area contributed by atoms with Crippen molar-refractivity contribution in [3.8, 4) is 12.3 Å². The number of cyclic esters (lactones) is 1. The van der Waals surface area contributed by atoms with Gasteiger partial charge in [-0.25, -0.2) is 0 Å². The van der Waals surface area contributed by atoms with Crippen molar-refractivity contribution in [2.45, 2.75) is 134 Å². The van der Waals surface area contributed by atoms with Crippen molar-refractivity contribution in [3.63, 3.8) is 0 Å². The maximum atomic E-state index is 13.7. The van der Waals surface area contributed by atoms with Crippen LogP contribution in [0.4, 0.5) is 0 Å². The fraction of sp³-hybridized carbons (Fsp3) is 0.730. The van der Waals surface area contributed by atoms with Crippen LogP contribution in [0.15, 0.2) is 24.3 Å². The predicted molar refractivity (Wildman–Crippen MR) is 177 cm³/mol. The Kier molecular flexibility index (Phi) is 12.2. The number of esters is 1. The number of aliphatic hydroxyl groups excluding tert-OH is 3. The molecule has 0 unspecified atom stereocenters. The van der Waals surface area contributed by atoms with Gasteiger partial charge in [0.15, 0.2) is 6.29 Å². The Hall–Kier alpha value is -2.40. The van der Waals surface area contributed by atoms with Crippen LogP contribution in [0, 0.1) is 36.0 Å². The van der Waals surface area contributed by atoms with Gasteiger partial charge >= 0.3 is 5.97 Å². The molecular formula is C37H55NO10. The van der Waals surface area contributed by atoms with E-state index in [9.17, 15) is 30.0 Å². The molecule has 2 bridgehead atoms. The summed E-state index contributed by atoms with van der Waals surface area (Å²) in [6.45, 7) is 12.1. The molecule has 3 saturated heterocycles. The van der Waals surface area contributed by atoms with E-state index in [1.54, 1.807) is 27.7 Å². The lowest BCUT2D eigenvalue weighted by Gasteiger charge is -2.47. The van der Waals surface area contributed by atoms with Crippen LogP contribution >= 0.6 is 0 Å². The van der Waals surface area contributed by atoms with E-state index in [0.29, 0.717) is 13.0 Å². The molecule has 1 aromatic carbocycles.